The Balaban J connectivity index is 2.25. The summed E-state index contributed by atoms with van der Waals surface area (Å²) in [5.41, 5.74) is 1.52. The summed E-state index contributed by atoms with van der Waals surface area (Å²) >= 11 is 2.23. The van der Waals surface area contributed by atoms with Gasteiger partial charge in [-0.3, -0.25) is 0 Å². The van der Waals surface area contributed by atoms with E-state index in [1.54, 1.807) is 0 Å². The monoisotopic (exact) mass is 357 g/mol. The first-order valence-electron chi connectivity index (χ1n) is 5.57. The van der Waals surface area contributed by atoms with E-state index in [0.29, 0.717) is 5.56 Å². The van der Waals surface area contributed by atoms with Gasteiger partial charge in [0.1, 0.15) is 11.6 Å². The maximum atomic E-state index is 13.2. The van der Waals surface area contributed by atoms with Gasteiger partial charge in [-0.2, -0.15) is 0 Å². The SMILES string of the molecule is CC(Nc1ccccc1I)c1cc(F)ccc1O. The molecule has 94 valence electrons. The minimum atomic E-state index is -0.348. The van der Waals surface area contributed by atoms with Gasteiger partial charge in [0.05, 0.1) is 6.04 Å². The van der Waals surface area contributed by atoms with Gasteiger partial charge in [-0.25, -0.2) is 4.39 Å². The van der Waals surface area contributed by atoms with E-state index in [0.717, 1.165) is 9.26 Å². The number of benzene rings is 2. The Hall–Kier alpha value is -1.30. The lowest BCUT2D eigenvalue weighted by Crippen LogP contribution is -2.08. The average molecular weight is 357 g/mol. The number of nitrogens with one attached hydrogen (secondary N) is 1. The van der Waals surface area contributed by atoms with E-state index < -0.39 is 0 Å². The summed E-state index contributed by atoms with van der Waals surface area (Å²) in [4.78, 5) is 0. The molecule has 18 heavy (non-hydrogen) atoms. The van der Waals surface area contributed by atoms with Gasteiger partial charge in [0.25, 0.3) is 0 Å². The fraction of sp³-hybridized carbons (Fsp3) is 0.143. The first kappa shape index (κ1) is 13.1. The van der Waals surface area contributed by atoms with Gasteiger partial charge in [0.2, 0.25) is 0 Å². The predicted molar refractivity (Wildman–Crippen MR) is 79.3 cm³/mol. The van der Waals surface area contributed by atoms with Crippen LogP contribution in [-0.4, -0.2) is 5.11 Å². The van der Waals surface area contributed by atoms with Crippen molar-refractivity contribution in [3.05, 3.63) is 57.4 Å². The highest BCUT2D eigenvalue weighted by molar-refractivity contribution is 14.1. The first-order valence-corrected chi connectivity index (χ1v) is 6.65. The first-order chi connectivity index (χ1) is 8.58. The molecule has 0 fully saturated rings. The predicted octanol–water partition coefficient (Wildman–Crippen LogP) is 4.31. The van der Waals surface area contributed by atoms with E-state index in [4.69, 9.17) is 0 Å². The summed E-state index contributed by atoms with van der Waals surface area (Å²) in [7, 11) is 0. The highest BCUT2D eigenvalue weighted by Gasteiger charge is 2.12. The maximum absolute atomic E-state index is 13.2. The molecular formula is C14H13FINO. The van der Waals surface area contributed by atoms with Crippen molar-refractivity contribution in [1.29, 1.82) is 0 Å². The van der Waals surface area contributed by atoms with Crippen LogP contribution < -0.4 is 5.32 Å². The Bertz CT molecular complexity index is 559. The molecule has 2 rings (SSSR count). The zero-order valence-corrected chi connectivity index (χ0v) is 12.0. The summed E-state index contributed by atoms with van der Waals surface area (Å²) in [5.74, 6) is -0.249. The Morgan fingerprint density at radius 2 is 1.94 bits per heavy atom. The molecule has 0 aliphatic rings. The molecule has 0 bridgehead atoms. The number of aromatic hydroxyl groups is 1. The van der Waals surface area contributed by atoms with Crippen LogP contribution in [0, 0.1) is 9.39 Å². The van der Waals surface area contributed by atoms with Crippen LogP contribution in [0.15, 0.2) is 42.5 Å². The number of hydrogen-bond donors (Lipinski definition) is 2. The van der Waals surface area contributed by atoms with Crippen molar-refractivity contribution in [2.24, 2.45) is 0 Å². The highest BCUT2D eigenvalue weighted by Crippen LogP contribution is 2.29. The third-order valence-corrected chi connectivity index (χ3v) is 3.64. The van der Waals surface area contributed by atoms with Crippen LogP contribution in [0.5, 0.6) is 5.75 Å². The van der Waals surface area contributed by atoms with Crippen molar-refractivity contribution in [3.63, 3.8) is 0 Å². The van der Waals surface area contributed by atoms with Crippen LogP contribution >= 0.6 is 22.6 Å². The fourth-order valence-corrected chi connectivity index (χ4v) is 2.30. The van der Waals surface area contributed by atoms with Gasteiger partial charge in [0, 0.05) is 14.8 Å². The highest BCUT2D eigenvalue weighted by atomic mass is 127. The van der Waals surface area contributed by atoms with Crippen LogP contribution in [0.3, 0.4) is 0 Å². The summed E-state index contributed by atoms with van der Waals surface area (Å²) in [6.07, 6.45) is 0. The molecule has 0 spiro atoms. The second kappa shape index (κ2) is 5.56. The Morgan fingerprint density at radius 1 is 1.22 bits per heavy atom. The van der Waals surface area contributed by atoms with Crippen molar-refractivity contribution in [2.45, 2.75) is 13.0 Å². The molecule has 4 heteroatoms. The Morgan fingerprint density at radius 3 is 2.67 bits per heavy atom. The maximum Gasteiger partial charge on any atom is 0.123 e. The summed E-state index contributed by atoms with van der Waals surface area (Å²) in [6, 6.07) is 11.6. The smallest absolute Gasteiger partial charge is 0.123 e. The zero-order valence-electron chi connectivity index (χ0n) is 9.82. The summed E-state index contributed by atoms with van der Waals surface area (Å²) in [6.45, 7) is 1.89. The topological polar surface area (TPSA) is 32.3 Å². The fourth-order valence-electron chi connectivity index (χ4n) is 1.76. The quantitative estimate of drug-likeness (QED) is 0.803. The lowest BCUT2D eigenvalue weighted by atomic mass is 10.1. The lowest BCUT2D eigenvalue weighted by molar-refractivity contribution is 0.462. The normalized spacial score (nSPS) is 12.2. The minimum Gasteiger partial charge on any atom is -0.508 e. The van der Waals surface area contributed by atoms with Gasteiger partial charge in [0.15, 0.2) is 0 Å². The standard InChI is InChI=1S/C14H13FINO/c1-9(11-8-10(15)6-7-14(11)18)17-13-5-3-2-4-12(13)16/h2-9,17-18H,1H3. The zero-order chi connectivity index (χ0) is 13.1. The molecule has 0 heterocycles. The molecule has 0 radical (unpaired) electrons. The molecule has 0 saturated heterocycles. The second-order valence-corrected chi connectivity index (χ2v) is 5.21. The van der Waals surface area contributed by atoms with Crippen LogP contribution in [0.2, 0.25) is 0 Å². The minimum absolute atomic E-state index is 0.0994. The molecule has 0 amide bonds. The number of para-hydroxylation sites is 1. The molecule has 2 aromatic rings. The van der Waals surface area contributed by atoms with Crippen LogP contribution in [0.4, 0.5) is 10.1 Å². The number of hydrogen-bond acceptors (Lipinski definition) is 2. The van der Waals surface area contributed by atoms with E-state index in [9.17, 15) is 9.50 Å². The summed E-state index contributed by atoms with van der Waals surface area (Å²) < 4.78 is 14.3. The second-order valence-electron chi connectivity index (χ2n) is 4.05. The van der Waals surface area contributed by atoms with Gasteiger partial charge < -0.3 is 10.4 Å². The molecule has 2 nitrogen and oxygen atoms in total. The molecule has 0 saturated carbocycles. The van der Waals surface area contributed by atoms with Gasteiger partial charge in [-0.1, -0.05) is 12.1 Å². The van der Waals surface area contributed by atoms with Crippen molar-refractivity contribution >= 4 is 28.3 Å². The lowest BCUT2D eigenvalue weighted by Gasteiger charge is -2.18. The number of phenolic OH excluding ortho intramolecular Hbond substituents is 1. The van der Waals surface area contributed by atoms with Crippen molar-refractivity contribution < 1.29 is 9.50 Å². The van der Waals surface area contributed by atoms with Crippen molar-refractivity contribution in [3.8, 4) is 5.75 Å². The van der Waals surface area contributed by atoms with Crippen molar-refractivity contribution in [1.82, 2.24) is 0 Å². The van der Waals surface area contributed by atoms with E-state index in [1.165, 1.54) is 18.2 Å². The largest absolute Gasteiger partial charge is 0.508 e. The number of rotatable bonds is 3. The number of halogens is 2. The number of phenols is 1. The van der Waals surface area contributed by atoms with Gasteiger partial charge in [-0.15, -0.1) is 0 Å². The van der Waals surface area contributed by atoms with E-state index in [-0.39, 0.29) is 17.6 Å². The molecular weight excluding hydrogens is 344 g/mol. The van der Waals surface area contributed by atoms with Crippen molar-refractivity contribution in [2.75, 3.05) is 5.32 Å². The van der Waals surface area contributed by atoms with Crippen LogP contribution in [0.1, 0.15) is 18.5 Å². The number of anilines is 1. The van der Waals surface area contributed by atoms with E-state index in [2.05, 4.69) is 27.9 Å². The Kier molecular flexibility index (Phi) is 4.06. The summed E-state index contributed by atoms with van der Waals surface area (Å²) in [5, 5.41) is 13.0. The average Bonchev–Trinajstić information content (AvgIpc) is 2.35. The third kappa shape index (κ3) is 2.93. The molecule has 1 unspecified atom stereocenters. The molecule has 2 aromatic carbocycles. The third-order valence-electron chi connectivity index (χ3n) is 2.70. The van der Waals surface area contributed by atoms with Crippen LogP contribution in [0.25, 0.3) is 0 Å². The van der Waals surface area contributed by atoms with E-state index in [1.807, 2.05) is 31.2 Å². The van der Waals surface area contributed by atoms with Gasteiger partial charge >= 0.3 is 0 Å². The molecule has 2 N–H and O–H groups in total. The Labute approximate surface area is 119 Å². The van der Waals surface area contributed by atoms with Gasteiger partial charge in [-0.05, 0) is 59.8 Å². The van der Waals surface area contributed by atoms with E-state index >= 15 is 0 Å². The molecule has 0 aliphatic heterocycles. The molecule has 0 aromatic heterocycles. The molecule has 1 atom stereocenters. The van der Waals surface area contributed by atoms with Crippen LogP contribution in [-0.2, 0) is 0 Å². The molecule has 0 aliphatic carbocycles.